The first-order valence-corrected chi connectivity index (χ1v) is 2.66. The van der Waals surface area contributed by atoms with Crippen LogP contribution in [0, 0.1) is 12.7 Å². The largest absolute Gasteiger partial charge is 0.381 e. The number of hydrogen-bond donors (Lipinski definition) is 2. The van der Waals surface area contributed by atoms with E-state index in [9.17, 15) is 4.39 Å². The van der Waals surface area contributed by atoms with E-state index < -0.39 is 5.82 Å². The Morgan fingerprint density at radius 3 is 2.40 bits per heavy atom. The lowest BCUT2D eigenvalue weighted by molar-refractivity contribution is 0.609. The fourth-order valence-electron chi connectivity index (χ4n) is 0.604. The molecule has 4 N–H and O–H groups in total. The van der Waals surface area contributed by atoms with E-state index in [2.05, 4.69) is 9.97 Å². The fourth-order valence-corrected chi connectivity index (χ4v) is 0.604. The lowest BCUT2D eigenvalue weighted by Gasteiger charge is -1.98. The van der Waals surface area contributed by atoms with Crippen molar-refractivity contribution in [2.24, 2.45) is 0 Å². The molecule has 0 unspecified atom stereocenters. The molecule has 0 bridgehead atoms. The second-order valence-electron chi connectivity index (χ2n) is 1.87. The molecule has 0 aliphatic heterocycles. The summed E-state index contributed by atoms with van der Waals surface area (Å²) in [6.45, 7) is 1.48. The second kappa shape index (κ2) is 2.09. The Bertz CT molecular complexity index is 237. The van der Waals surface area contributed by atoms with Gasteiger partial charge in [-0.15, -0.1) is 0 Å². The number of nitrogen functional groups attached to an aromatic ring is 2. The molecule has 0 aliphatic carbocycles. The van der Waals surface area contributed by atoms with Crippen LogP contribution < -0.4 is 11.5 Å². The molecule has 5 heteroatoms. The zero-order valence-electron chi connectivity index (χ0n) is 5.43. The van der Waals surface area contributed by atoms with Gasteiger partial charge in [0.15, 0.2) is 11.6 Å². The van der Waals surface area contributed by atoms with Gasteiger partial charge in [-0.05, 0) is 6.92 Å². The standard InChI is InChI=1S/C5H7FN4/c1-2-3(6)4(7)10-5(8)9-2/h1H3,(H4,7,8,9,10). The molecule has 0 amide bonds. The summed E-state index contributed by atoms with van der Waals surface area (Å²) in [5.41, 5.74) is 10.4. The summed E-state index contributed by atoms with van der Waals surface area (Å²) in [5, 5.41) is 0. The van der Waals surface area contributed by atoms with Crippen LogP contribution in [0.2, 0.25) is 0 Å². The summed E-state index contributed by atoms with van der Waals surface area (Å²) in [4.78, 5) is 6.95. The van der Waals surface area contributed by atoms with Crippen LogP contribution in [0.4, 0.5) is 16.2 Å². The van der Waals surface area contributed by atoms with Gasteiger partial charge in [-0.2, -0.15) is 4.98 Å². The van der Waals surface area contributed by atoms with Crippen LogP contribution in [0.1, 0.15) is 5.69 Å². The van der Waals surface area contributed by atoms with Crippen LogP contribution in [0.15, 0.2) is 0 Å². The minimum Gasteiger partial charge on any atom is -0.381 e. The molecular weight excluding hydrogens is 135 g/mol. The van der Waals surface area contributed by atoms with E-state index in [1.54, 1.807) is 0 Å². The monoisotopic (exact) mass is 142 g/mol. The highest BCUT2D eigenvalue weighted by molar-refractivity contribution is 5.37. The summed E-state index contributed by atoms with van der Waals surface area (Å²) < 4.78 is 12.6. The molecule has 0 saturated heterocycles. The third-order valence-electron chi connectivity index (χ3n) is 1.06. The summed E-state index contributed by atoms with van der Waals surface area (Å²) in [5.74, 6) is -0.810. The molecular formula is C5H7FN4. The van der Waals surface area contributed by atoms with E-state index >= 15 is 0 Å². The molecule has 4 nitrogen and oxygen atoms in total. The average Bonchev–Trinajstić information content (AvgIpc) is 1.82. The van der Waals surface area contributed by atoms with Gasteiger partial charge in [0.25, 0.3) is 0 Å². The van der Waals surface area contributed by atoms with E-state index in [4.69, 9.17) is 11.5 Å². The van der Waals surface area contributed by atoms with Crippen molar-refractivity contribution in [3.05, 3.63) is 11.5 Å². The topological polar surface area (TPSA) is 77.8 Å². The predicted molar refractivity (Wildman–Crippen MR) is 35.6 cm³/mol. The van der Waals surface area contributed by atoms with Crippen LogP contribution in [0.3, 0.4) is 0 Å². The second-order valence-corrected chi connectivity index (χ2v) is 1.87. The summed E-state index contributed by atoms with van der Waals surface area (Å²) in [7, 11) is 0. The van der Waals surface area contributed by atoms with Crippen molar-refractivity contribution in [1.82, 2.24) is 9.97 Å². The molecule has 0 aromatic carbocycles. The molecule has 10 heavy (non-hydrogen) atoms. The van der Waals surface area contributed by atoms with Crippen LogP contribution >= 0.6 is 0 Å². The van der Waals surface area contributed by atoms with E-state index in [0.29, 0.717) is 0 Å². The highest BCUT2D eigenvalue weighted by Gasteiger charge is 2.04. The SMILES string of the molecule is Cc1nc(N)nc(N)c1F. The van der Waals surface area contributed by atoms with E-state index in [1.165, 1.54) is 6.92 Å². The smallest absolute Gasteiger partial charge is 0.222 e. The molecule has 1 aromatic heterocycles. The molecule has 0 fully saturated rings. The number of aromatic nitrogens is 2. The van der Waals surface area contributed by atoms with Gasteiger partial charge in [-0.25, -0.2) is 9.37 Å². The average molecular weight is 142 g/mol. The maximum Gasteiger partial charge on any atom is 0.222 e. The molecule has 0 spiro atoms. The Kier molecular flexibility index (Phi) is 1.41. The van der Waals surface area contributed by atoms with E-state index in [1.807, 2.05) is 0 Å². The van der Waals surface area contributed by atoms with Crippen molar-refractivity contribution in [1.29, 1.82) is 0 Å². The minimum atomic E-state index is -0.603. The third kappa shape index (κ3) is 0.975. The van der Waals surface area contributed by atoms with Gasteiger partial charge in [0.1, 0.15) is 0 Å². The highest BCUT2D eigenvalue weighted by atomic mass is 19.1. The molecule has 0 aliphatic rings. The molecule has 1 heterocycles. The Morgan fingerprint density at radius 2 is 1.90 bits per heavy atom. The summed E-state index contributed by atoms with van der Waals surface area (Å²) in [6.07, 6.45) is 0. The van der Waals surface area contributed by atoms with Crippen molar-refractivity contribution in [2.75, 3.05) is 11.5 Å². The maximum absolute atomic E-state index is 12.6. The van der Waals surface area contributed by atoms with Gasteiger partial charge in [0.2, 0.25) is 5.95 Å². The van der Waals surface area contributed by atoms with Crippen molar-refractivity contribution in [2.45, 2.75) is 6.92 Å². The number of hydrogen-bond acceptors (Lipinski definition) is 4. The zero-order valence-corrected chi connectivity index (χ0v) is 5.43. The first-order valence-electron chi connectivity index (χ1n) is 2.66. The van der Waals surface area contributed by atoms with Gasteiger partial charge in [-0.3, -0.25) is 0 Å². The first-order chi connectivity index (χ1) is 4.61. The van der Waals surface area contributed by atoms with Gasteiger partial charge in [0, 0.05) is 0 Å². The molecule has 0 radical (unpaired) electrons. The van der Waals surface area contributed by atoms with E-state index in [0.717, 1.165) is 0 Å². The van der Waals surface area contributed by atoms with Crippen LogP contribution in [0.25, 0.3) is 0 Å². The maximum atomic E-state index is 12.6. The highest BCUT2D eigenvalue weighted by Crippen LogP contribution is 2.09. The van der Waals surface area contributed by atoms with E-state index in [-0.39, 0.29) is 17.5 Å². The van der Waals surface area contributed by atoms with Crippen molar-refractivity contribution >= 4 is 11.8 Å². The Hall–Kier alpha value is -1.39. The Labute approximate surface area is 57.1 Å². The molecule has 54 valence electrons. The van der Waals surface area contributed by atoms with Gasteiger partial charge >= 0.3 is 0 Å². The lowest BCUT2D eigenvalue weighted by Crippen LogP contribution is -2.04. The molecule has 1 rings (SSSR count). The zero-order chi connectivity index (χ0) is 7.72. The first kappa shape index (κ1) is 6.73. The number of nitrogens with two attached hydrogens (primary N) is 2. The Morgan fingerprint density at radius 1 is 1.30 bits per heavy atom. The Balaban J connectivity index is 3.31. The van der Waals surface area contributed by atoms with Gasteiger partial charge < -0.3 is 11.5 Å². The van der Waals surface area contributed by atoms with Crippen LogP contribution in [0.5, 0.6) is 0 Å². The molecule has 0 saturated carbocycles. The fraction of sp³-hybridized carbons (Fsp3) is 0.200. The number of rotatable bonds is 0. The van der Waals surface area contributed by atoms with Crippen LogP contribution in [-0.4, -0.2) is 9.97 Å². The van der Waals surface area contributed by atoms with Crippen molar-refractivity contribution in [3.8, 4) is 0 Å². The molecule has 1 aromatic rings. The number of aryl methyl sites for hydroxylation is 1. The number of nitrogens with zero attached hydrogens (tertiary/aromatic N) is 2. The number of anilines is 2. The van der Waals surface area contributed by atoms with Crippen molar-refractivity contribution < 1.29 is 4.39 Å². The molecule has 0 atom stereocenters. The third-order valence-corrected chi connectivity index (χ3v) is 1.06. The lowest BCUT2D eigenvalue weighted by atomic mass is 10.4. The summed E-state index contributed by atoms with van der Waals surface area (Å²) >= 11 is 0. The summed E-state index contributed by atoms with van der Waals surface area (Å²) in [6, 6.07) is 0. The normalized spacial score (nSPS) is 9.80. The van der Waals surface area contributed by atoms with Crippen LogP contribution in [-0.2, 0) is 0 Å². The van der Waals surface area contributed by atoms with Gasteiger partial charge in [-0.1, -0.05) is 0 Å². The minimum absolute atomic E-state index is 0.00333. The van der Waals surface area contributed by atoms with Crippen molar-refractivity contribution in [3.63, 3.8) is 0 Å². The number of halogens is 1. The predicted octanol–water partition coefficient (Wildman–Crippen LogP) is 0.0885. The van der Waals surface area contributed by atoms with Gasteiger partial charge in [0.05, 0.1) is 5.69 Å². The quantitative estimate of drug-likeness (QED) is 0.538.